The van der Waals surface area contributed by atoms with Gasteiger partial charge in [0.1, 0.15) is 12.7 Å². The summed E-state index contributed by atoms with van der Waals surface area (Å²) in [4.78, 5) is 16.2. The zero-order chi connectivity index (χ0) is 15.2. The summed E-state index contributed by atoms with van der Waals surface area (Å²) in [7, 11) is 0. The molecule has 1 aromatic heterocycles. The van der Waals surface area contributed by atoms with Crippen LogP contribution in [0, 0.1) is 5.92 Å². The molecule has 132 valence electrons. The van der Waals surface area contributed by atoms with Crippen molar-refractivity contribution in [3.05, 3.63) is 42.5 Å². The molecule has 1 saturated heterocycles. The van der Waals surface area contributed by atoms with Crippen LogP contribution in [0.5, 0.6) is 0 Å². The normalized spacial score (nSPS) is 16.6. The van der Waals surface area contributed by atoms with Gasteiger partial charge < -0.3 is 10.6 Å². The number of halogens is 2. The summed E-state index contributed by atoms with van der Waals surface area (Å²) < 4.78 is 1.64. The molecule has 2 N–H and O–H groups in total. The number of carbonyl (C=O) groups excluding carboxylic acids is 1. The van der Waals surface area contributed by atoms with Crippen LogP contribution < -0.4 is 10.6 Å². The summed E-state index contributed by atoms with van der Waals surface area (Å²) in [5.41, 5.74) is 1.48. The molecule has 1 atom stereocenters. The zero-order valence-electron chi connectivity index (χ0n) is 13.4. The molecule has 8 heteroatoms. The molecule has 1 aromatic carbocycles. The Morgan fingerprint density at radius 3 is 2.96 bits per heavy atom. The monoisotopic (exact) mass is 371 g/mol. The Labute approximate surface area is 154 Å². The lowest BCUT2D eigenvalue weighted by atomic mass is 9.96. The van der Waals surface area contributed by atoms with Crippen LogP contribution in [0.25, 0.3) is 5.69 Å². The highest BCUT2D eigenvalue weighted by Gasteiger charge is 2.13. The molecule has 1 aliphatic rings. The Hall–Kier alpha value is -1.63. The number of amides is 1. The molecule has 1 fully saturated rings. The van der Waals surface area contributed by atoms with Crippen molar-refractivity contribution in [2.24, 2.45) is 5.92 Å². The fourth-order valence-electron chi connectivity index (χ4n) is 2.79. The number of rotatable bonds is 5. The lowest BCUT2D eigenvalue weighted by Gasteiger charge is -2.22. The number of hydrogen-bond donors (Lipinski definition) is 2. The maximum Gasteiger partial charge on any atom is 0.251 e. The zero-order valence-corrected chi connectivity index (χ0v) is 15.0. The van der Waals surface area contributed by atoms with Gasteiger partial charge in [0, 0.05) is 12.1 Å². The SMILES string of the molecule is Cl.Cl.O=C(NCCC1CCCNC1)c1cccc(-n2cncn2)c1. The van der Waals surface area contributed by atoms with Gasteiger partial charge in [0.2, 0.25) is 0 Å². The molecular formula is C16H23Cl2N5O. The van der Waals surface area contributed by atoms with Crippen molar-refractivity contribution in [1.29, 1.82) is 0 Å². The van der Waals surface area contributed by atoms with Crippen LogP contribution in [0.3, 0.4) is 0 Å². The van der Waals surface area contributed by atoms with Crippen LogP contribution in [-0.4, -0.2) is 40.3 Å². The quantitative estimate of drug-likeness (QED) is 0.845. The molecule has 0 saturated carbocycles. The van der Waals surface area contributed by atoms with E-state index in [1.807, 2.05) is 24.3 Å². The third-order valence-corrected chi connectivity index (χ3v) is 4.03. The van der Waals surface area contributed by atoms with E-state index in [2.05, 4.69) is 20.7 Å². The number of nitrogens with one attached hydrogen (secondary N) is 2. The molecule has 1 aliphatic heterocycles. The van der Waals surface area contributed by atoms with Crippen molar-refractivity contribution in [2.75, 3.05) is 19.6 Å². The number of piperidine rings is 1. The second-order valence-corrected chi connectivity index (χ2v) is 5.65. The first-order valence-electron chi connectivity index (χ1n) is 7.77. The number of aromatic nitrogens is 3. The summed E-state index contributed by atoms with van der Waals surface area (Å²) in [6.45, 7) is 2.91. The Morgan fingerprint density at radius 1 is 1.38 bits per heavy atom. The van der Waals surface area contributed by atoms with Gasteiger partial charge in [0.25, 0.3) is 5.91 Å². The minimum absolute atomic E-state index is 0. The standard InChI is InChI=1S/C16H21N5O.2ClH/c22-16(19-8-6-13-3-2-7-17-10-13)14-4-1-5-15(9-14)21-12-18-11-20-21;;/h1,4-5,9,11-13,17H,2-3,6-8,10H2,(H,19,22);2*1H. The largest absolute Gasteiger partial charge is 0.352 e. The maximum atomic E-state index is 12.2. The third-order valence-electron chi connectivity index (χ3n) is 4.03. The topological polar surface area (TPSA) is 71.8 Å². The highest BCUT2D eigenvalue weighted by Crippen LogP contribution is 2.13. The van der Waals surface area contributed by atoms with Crippen LogP contribution in [0.15, 0.2) is 36.9 Å². The molecule has 1 unspecified atom stereocenters. The number of carbonyl (C=O) groups is 1. The smallest absolute Gasteiger partial charge is 0.251 e. The number of hydrogen-bond acceptors (Lipinski definition) is 4. The molecule has 3 rings (SSSR count). The summed E-state index contributed by atoms with van der Waals surface area (Å²) in [6, 6.07) is 7.40. The molecule has 24 heavy (non-hydrogen) atoms. The first-order valence-corrected chi connectivity index (χ1v) is 7.77. The van der Waals surface area contributed by atoms with Gasteiger partial charge in [0.15, 0.2) is 0 Å². The maximum absolute atomic E-state index is 12.2. The lowest BCUT2D eigenvalue weighted by Crippen LogP contribution is -2.33. The molecule has 6 nitrogen and oxygen atoms in total. The van der Waals surface area contributed by atoms with Crippen LogP contribution >= 0.6 is 24.8 Å². The predicted octanol–water partition coefficient (Wildman–Crippen LogP) is 2.23. The summed E-state index contributed by atoms with van der Waals surface area (Å²) in [5, 5.41) is 10.5. The van der Waals surface area contributed by atoms with Gasteiger partial charge in [-0.25, -0.2) is 9.67 Å². The molecule has 0 spiro atoms. The third kappa shape index (κ3) is 5.47. The van der Waals surface area contributed by atoms with Crippen LogP contribution in [0.2, 0.25) is 0 Å². The summed E-state index contributed by atoms with van der Waals surface area (Å²) >= 11 is 0. The minimum atomic E-state index is -0.0364. The van der Waals surface area contributed by atoms with E-state index in [-0.39, 0.29) is 30.7 Å². The van der Waals surface area contributed by atoms with E-state index in [0.29, 0.717) is 11.5 Å². The Morgan fingerprint density at radius 2 is 2.25 bits per heavy atom. The van der Waals surface area contributed by atoms with E-state index >= 15 is 0 Å². The molecule has 1 amide bonds. The highest BCUT2D eigenvalue weighted by molar-refractivity contribution is 5.94. The van der Waals surface area contributed by atoms with Gasteiger partial charge in [-0.3, -0.25) is 4.79 Å². The predicted molar refractivity (Wildman–Crippen MR) is 98.4 cm³/mol. The molecule has 2 heterocycles. The first-order chi connectivity index (χ1) is 10.8. The number of nitrogens with zero attached hydrogens (tertiary/aromatic N) is 3. The van der Waals surface area contributed by atoms with E-state index in [4.69, 9.17) is 0 Å². The van der Waals surface area contributed by atoms with Gasteiger partial charge in [-0.2, -0.15) is 5.10 Å². The van der Waals surface area contributed by atoms with E-state index in [0.717, 1.165) is 31.7 Å². The van der Waals surface area contributed by atoms with Crippen LogP contribution in [-0.2, 0) is 0 Å². The molecule has 0 radical (unpaired) electrons. The molecule has 0 aliphatic carbocycles. The van der Waals surface area contributed by atoms with Crippen molar-refractivity contribution < 1.29 is 4.79 Å². The molecule has 2 aromatic rings. The second-order valence-electron chi connectivity index (χ2n) is 5.65. The van der Waals surface area contributed by atoms with Gasteiger partial charge in [0.05, 0.1) is 5.69 Å². The Balaban J connectivity index is 0.00000144. The van der Waals surface area contributed by atoms with Crippen molar-refractivity contribution in [1.82, 2.24) is 25.4 Å². The van der Waals surface area contributed by atoms with E-state index in [9.17, 15) is 4.79 Å². The summed E-state index contributed by atoms with van der Waals surface area (Å²) in [6.07, 6.45) is 6.61. The van der Waals surface area contributed by atoms with Crippen LogP contribution in [0.4, 0.5) is 0 Å². The highest BCUT2D eigenvalue weighted by atomic mass is 35.5. The number of benzene rings is 1. The molecule has 0 bridgehead atoms. The average molecular weight is 372 g/mol. The van der Waals surface area contributed by atoms with Crippen LogP contribution in [0.1, 0.15) is 29.6 Å². The Kier molecular flexibility index (Phi) is 8.74. The fourth-order valence-corrected chi connectivity index (χ4v) is 2.79. The fraction of sp³-hybridized carbons (Fsp3) is 0.438. The van der Waals surface area contributed by atoms with Gasteiger partial charge in [-0.05, 0) is 56.5 Å². The van der Waals surface area contributed by atoms with E-state index < -0.39 is 0 Å². The van der Waals surface area contributed by atoms with E-state index in [1.54, 1.807) is 11.0 Å². The van der Waals surface area contributed by atoms with E-state index in [1.165, 1.54) is 19.2 Å². The van der Waals surface area contributed by atoms with Crippen molar-refractivity contribution >= 4 is 30.7 Å². The van der Waals surface area contributed by atoms with Gasteiger partial charge >= 0.3 is 0 Å². The second kappa shape index (κ2) is 10.3. The lowest BCUT2D eigenvalue weighted by molar-refractivity contribution is 0.0950. The van der Waals surface area contributed by atoms with Crippen molar-refractivity contribution in [3.8, 4) is 5.69 Å². The minimum Gasteiger partial charge on any atom is -0.352 e. The van der Waals surface area contributed by atoms with Crippen molar-refractivity contribution in [3.63, 3.8) is 0 Å². The average Bonchev–Trinajstić information content (AvgIpc) is 3.10. The first kappa shape index (κ1) is 20.4. The molecular weight excluding hydrogens is 349 g/mol. The Bertz CT molecular complexity index is 615. The summed E-state index contributed by atoms with van der Waals surface area (Å²) in [5.74, 6) is 0.640. The van der Waals surface area contributed by atoms with Gasteiger partial charge in [-0.15, -0.1) is 24.8 Å². The van der Waals surface area contributed by atoms with Gasteiger partial charge in [-0.1, -0.05) is 6.07 Å². The van der Waals surface area contributed by atoms with Crippen molar-refractivity contribution in [2.45, 2.75) is 19.3 Å².